The maximum atomic E-state index is 11.1. The molecule has 4 nitrogen and oxygen atoms in total. The van der Waals surface area contributed by atoms with Gasteiger partial charge in [0.25, 0.3) is 0 Å². The van der Waals surface area contributed by atoms with Crippen LogP contribution in [-0.2, 0) is 15.1 Å². The van der Waals surface area contributed by atoms with E-state index >= 15 is 0 Å². The number of rotatable bonds is 5. The third-order valence-electron chi connectivity index (χ3n) is 2.11. The lowest BCUT2D eigenvalue weighted by atomic mass is 9.98. The topological polar surface area (TPSA) is 59.4 Å². The minimum atomic E-state index is -1.37. The fourth-order valence-electron chi connectivity index (χ4n) is 1.14. The molecule has 0 amide bonds. The summed E-state index contributed by atoms with van der Waals surface area (Å²) in [7, 11) is 0. The Morgan fingerprint density at radius 3 is 3.00 bits per heavy atom. The molecule has 1 heterocycles. The number of carboxylic acids is 1. The van der Waals surface area contributed by atoms with Gasteiger partial charge in [-0.05, 0) is 13.0 Å². The third-order valence-corrected chi connectivity index (χ3v) is 2.11. The Balaban J connectivity index is 3.01. The molecule has 0 saturated heterocycles. The van der Waals surface area contributed by atoms with Crippen LogP contribution in [0.1, 0.15) is 12.5 Å². The average Bonchev–Trinajstić information content (AvgIpc) is 2.27. The van der Waals surface area contributed by atoms with Crippen LogP contribution < -0.4 is 0 Å². The van der Waals surface area contributed by atoms with Crippen LogP contribution in [-0.4, -0.2) is 22.7 Å². The van der Waals surface area contributed by atoms with E-state index in [2.05, 4.69) is 11.6 Å². The van der Waals surface area contributed by atoms with E-state index in [1.165, 1.54) is 19.2 Å². The number of ether oxygens (including phenoxy) is 1. The fourth-order valence-corrected chi connectivity index (χ4v) is 1.14. The standard InChI is InChI=1S/C11H13NO3/c1-3-7-15-11(2,10(13)14)9-5-4-6-12-8-9/h3-6,8H,1,7H2,2H3,(H,13,14). The SMILES string of the molecule is C=CCOC(C)(C(=O)O)c1cccnc1. The second kappa shape index (κ2) is 4.70. The first-order valence-corrected chi connectivity index (χ1v) is 4.50. The van der Waals surface area contributed by atoms with Gasteiger partial charge in [-0.2, -0.15) is 0 Å². The molecule has 1 N–H and O–H groups in total. The van der Waals surface area contributed by atoms with Gasteiger partial charge in [-0.15, -0.1) is 6.58 Å². The van der Waals surface area contributed by atoms with Crippen LogP contribution in [0.2, 0.25) is 0 Å². The van der Waals surface area contributed by atoms with Crippen molar-refractivity contribution in [2.24, 2.45) is 0 Å². The van der Waals surface area contributed by atoms with Crippen LogP contribution in [0, 0.1) is 0 Å². The number of carboxylic acid groups (broad SMARTS) is 1. The smallest absolute Gasteiger partial charge is 0.340 e. The minimum Gasteiger partial charge on any atom is -0.479 e. The zero-order chi connectivity index (χ0) is 11.3. The third kappa shape index (κ3) is 2.41. The summed E-state index contributed by atoms with van der Waals surface area (Å²) in [4.78, 5) is 15.0. The molecule has 0 aliphatic carbocycles. The van der Waals surface area contributed by atoms with Gasteiger partial charge >= 0.3 is 5.97 Å². The van der Waals surface area contributed by atoms with E-state index in [0.717, 1.165) is 0 Å². The van der Waals surface area contributed by atoms with Crippen molar-refractivity contribution in [3.8, 4) is 0 Å². The number of hydrogen-bond donors (Lipinski definition) is 1. The van der Waals surface area contributed by atoms with Gasteiger partial charge in [0.1, 0.15) is 0 Å². The van der Waals surface area contributed by atoms with Gasteiger partial charge in [0.2, 0.25) is 0 Å². The van der Waals surface area contributed by atoms with Crippen molar-refractivity contribution >= 4 is 5.97 Å². The van der Waals surface area contributed by atoms with Gasteiger partial charge in [0.05, 0.1) is 6.61 Å². The summed E-state index contributed by atoms with van der Waals surface area (Å²) in [6, 6.07) is 3.35. The van der Waals surface area contributed by atoms with E-state index in [0.29, 0.717) is 5.56 Å². The molecular weight excluding hydrogens is 194 g/mol. The van der Waals surface area contributed by atoms with Crippen molar-refractivity contribution in [1.29, 1.82) is 0 Å². The molecular formula is C11H13NO3. The summed E-state index contributed by atoms with van der Waals surface area (Å²) < 4.78 is 5.27. The molecule has 0 aromatic carbocycles. The van der Waals surface area contributed by atoms with Crippen molar-refractivity contribution in [1.82, 2.24) is 4.98 Å². The number of aliphatic carboxylic acids is 1. The van der Waals surface area contributed by atoms with Gasteiger partial charge in [0.15, 0.2) is 5.60 Å². The predicted molar refractivity (Wildman–Crippen MR) is 55.4 cm³/mol. The van der Waals surface area contributed by atoms with Crippen molar-refractivity contribution in [3.05, 3.63) is 42.7 Å². The number of aromatic nitrogens is 1. The lowest BCUT2D eigenvalue weighted by molar-refractivity contribution is -0.163. The monoisotopic (exact) mass is 207 g/mol. The van der Waals surface area contributed by atoms with E-state index in [1.54, 1.807) is 18.3 Å². The molecule has 0 fully saturated rings. The van der Waals surface area contributed by atoms with Crippen LogP contribution >= 0.6 is 0 Å². The largest absolute Gasteiger partial charge is 0.479 e. The fraction of sp³-hybridized carbons (Fsp3) is 0.273. The Morgan fingerprint density at radius 1 is 1.80 bits per heavy atom. The number of pyridine rings is 1. The van der Waals surface area contributed by atoms with Crippen molar-refractivity contribution in [2.45, 2.75) is 12.5 Å². The van der Waals surface area contributed by atoms with Gasteiger partial charge < -0.3 is 9.84 Å². The second-order valence-electron chi connectivity index (χ2n) is 3.18. The molecule has 0 saturated carbocycles. The highest BCUT2D eigenvalue weighted by Crippen LogP contribution is 2.24. The molecule has 4 heteroatoms. The van der Waals surface area contributed by atoms with Crippen LogP contribution in [0.3, 0.4) is 0 Å². The van der Waals surface area contributed by atoms with Crippen LogP contribution in [0.4, 0.5) is 0 Å². The first-order valence-electron chi connectivity index (χ1n) is 4.50. The molecule has 1 aromatic rings. The molecule has 0 aliphatic heterocycles. The second-order valence-corrected chi connectivity index (χ2v) is 3.18. The lowest BCUT2D eigenvalue weighted by Crippen LogP contribution is -2.35. The Hall–Kier alpha value is -1.68. The van der Waals surface area contributed by atoms with Crippen molar-refractivity contribution in [3.63, 3.8) is 0 Å². The Labute approximate surface area is 88.2 Å². The van der Waals surface area contributed by atoms with Crippen molar-refractivity contribution < 1.29 is 14.6 Å². The Kier molecular flexibility index (Phi) is 3.57. The van der Waals surface area contributed by atoms with E-state index in [-0.39, 0.29) is 6.61 Å². The van der Waals surface area contributed by atoms with Gasteiger partial charge in [-0.25, -0.2) is 4.79 Å². The minimum absolute atomic E-state index is 0.178. The molecule has 80 valence electrons. The molecule has 1 aromatic heterocycles. The maximum absolute atomic E-state index is 11.1. The van der Waals surface area contributed by atoms with Gasteiger partial charge in [-0.1, -0.05) is 12.1 Å². The summed E-state index contributed by atoms with van der Waals surface area (Å²) >= 11 is 0. The van der Waals surface area contributed by atoms with Crippen molar-refractivity contribution in [2.75, 3.05) is 6.61 Å². The van der Waals surface area contributed by atoms with E-state index in [9.17, 15) is 4.79 Å². The van der Waals surface area contributed by atoms with Crippen LogP contribution in [0.15, 0.2) is 37.2 Å². The Morgan fingerprint density at radius 2 is 2.53 bits per heavy atom. The van der Waals surface area contributed by atoms with Crippen LogP contribution in [0.25, 0.3) is 0 Å². The summed E-state index contributed by atoms with van der Waals surface area (Å²) in [6.45, 7) is 5.16. The molecule has 1 atom stereocenters. The zero-order valence-corrected chi connectivity index (χ0v) is 8.51. The van der Waals surface area contributed by atoms with Gasteiger partial charge in [-0.3, -0.25) is 4.98 Å². The average molecular weight is 207 g/mol. The summed E-state index contributed by atoms with van der Waals surface area (Å²) in [5.74, 6) is -1.04. The highest BCUT2D eigenvalue weighted by Gasteiger charge is 2.36. The first-order chi connectivity index (χ1) is 7.11. The predicted octanol–water partition coefficient (Wildman–Crippen LogP) is 1.58. The molecule has 0 aliphatic rings. The van der Waals surface area contributed by atoms with Crippen LogP contribution in [0.5, 0.6) is 0 Å². The molecule has 1 unspecified atom stereocenters. The molecule has 15 heavy (non-hydrogen) atoms. The number of nitrogens with zero attached hydrogens (tertiary/aromatic N) is 1. The zero-order valence-electron chi connectivity index (χ0n) is 8.51. The lowest BCUT2D eigenvalue weighted by Gasteiger charge is -2.24. The van der Waals surface area contributed by atoms with E-state index < -0.39 is 11.6 Å². The normalized spacial score (nSPS) is 14.2. The first kappa shape index (κ1) is 11.4. The highest BCUT2D eigenvalue weighted by molar-refractivity contribution is 5.78. The number of carbonyl (C=O) groups is 1. The molecule has 0 bridgehead atoms. The number of hydrogen-bond acceptors (Lipinski definition) is 3. The van der Waals surface area contributed by atoms with Gasteiger partial charge in [0, 0.05) is 18.0 Å². The highest BCUT2D eigenvalue weighted by atomic mass is 16.5. The van der Waals surface area contributed by atoms with E-state index in [1.807, 2.05) is 0 Å². The summed E-state index contributed by atoms with van der Waals surface area (Å²) in [5, 5.41) is 9.13. The molecule has 0 spiro atoms. The quantitative estimate of drug-likeness (QED) is 0.745. The van der Waals surface area contributed by atoms with E-state index in [4.69, 9.17) is 9.84 Å². The molecule has 1 rings (SSSR count). The Bertz CT molecular complexity index is 350. The molecule has 0 radical (unpaired) electrons. The maximum Gasteiger partial charge on any atom is 0.340 e. The summed E-state index contributed by atoms with van der Waals surface area (Å²) in [6.07, 6.45) is 4.58. The summed E-state index contributed by atoms with van der Waals surface area (Å²) in [5.41, 5.74) is -0.859.